The lowest BCUT2D eigenvalue weighted by Crippen LogP contribution is -2.46. The summed E-state index contributed by atoms with van der Waals surface area (Å²) in [4.78, 5) is 54.3. The number of carbonyl (C=O) groups excluding carboxylic acids is 4. The third kappa shape index (κ3) is 10.5. The van der Waals surface area contributed by atoms with Crippen molar-refractivity contribution in [2.75, 3.05) is 41.9 Å². The minimum atomic E-state index is -0.576. The van der Waals surface area contributed by atoms with Crippen LogP contribution in [0.4, 0.5) is 21.9 Å². The van der Waals surface area contributed by atoms with Crippen LogP contribution in [0.3, 0.4) is 0 Å². The predicted molar refractivity (Wildman–Crippen MR) is 172 cm³/mol. The Kier molecular flexibility index (Phi) is 12.8. The molecule has 0 aliphatic carbocycles. The Bertz CT molecular complexity index is 1480. The van der Waals surface area contributed by atoms with E-state index in [0.717, 1.165) is 12.0 Å². The molecule has 0 fully saturated rings. The van der Waals surface area contributed by atoms with Gasteiger partial charge in [0.05, 0.1) is 12.3 Å². The SMILES string of the molecule is Cc1cccc(NC(=O)NCC(=O)N(CC(=O)N(C)c2ccccc2)c2cccc(OCC(=O)C(=N)CCCCC=N)c2)c1. The highest BCUT2D eigenvalue weighted by Crippen LogP contribution is 2.22. The van der Waals surface area contributed by atoms with E-state index in [9.17, 15) is 19.2 Å². The number of aryl methyl sites for hydroxylation is 1. The van der Waals surface area contributed by atoms with Gasteiger partial charge in [0.25, 0.3) is 0 Å². The van der Waals surface area contributed by atoms with Gasteiger partial charge in [-0.25, -0.2) is 4.79 Å². The van der Waals surface area contributed by atoms with Gasteiger partial charge >= 0.3 is 6.03 Å². The molecular formula is C33H38N6O5. The highest BCUT2D eigenvalue weighted by molar-refractivity contribution is 6.39. The van der Waals surface area contributed by atoms with Crippen molar-refractivity contribution >= 4 is 52.6 Å². The molecule has 3 aromatic carbocycles. The minimum absolute atomic E-state index is 0.0486. The van der Waals surface area contributed by atoms with E-state index >= 15 is 0 Å². The van der Waals surface area contributed by atoms with Gasteiger partial charge in [-0.1, -0.05) is 36.4 Å². The Balaban J connectivity index is 1.71. The lowest BCUT2D eigenvalue weighted by atomic mass is 10.1. The molecule has 0 unspecified atom stereocenters. The highest BCUT2D eigenvalue weighted by Gasteiger charge is 2.23. The van der Waals surface area contributed by atoms with E-state index < -0.39 is 24.3 Å². The minimum Gasteiger partial charge on any atom is -0.485 e. The van der Waals surface area contributed by atoms with Crippen molar-refractivity contribution in [1.29, 1.82) is 10.8 Å². The maximum atomic E-state index is 13.4. The van der Waals surface area contributed by atoms with Crippen molar-refractivity contribution in [1.82, 2.24) is 5.32 Å². The number of para-hydroxylation sites is 1. The van der Waals surface area contributed by atoms with Crippen LogP contribution in [0.1, 0.15) is 31.2 Å². The van der Waals surface area contributed by atoms with Gasteiger partial charge in [-0.3, -0.25) is 14.4 Å². The van der Waals surface area contributed by atoms with Gasteiger partial charge in [0, 0.05) is 30.2 Å². The van der Waals surface area contributed by atoms with Crippen LogP contribution in [0, 0.1) is 17.7 Å². The normalized spacial score (nSPS) is 10.3. The molecule has 11 heteroatoms. The van der Waals surface area contributed by atoms with Crippen LogP contribution in [0.5, 0.6) is 5.75 Å². The molecule has 0 saturated heterocycles. The van der Waals surface area contributed by atoms with Crippen molar-refractivity contribution in [3.05, 3.63) is 84.4 Å². The summed E-state index contributed by atoms with van der Waals surface area (Å²) in [5.74, 6) is -1.09. The number of amides is 4. The molecule has 3 aromatic rings. The Hall–Kier alpha value is -5.32. The number of nitrogens with zero attached hydrogens (tertiary/aromatic N) is 2. The molecule has 44 heavy (non-hydrogen) atoms. The molecule has 4 amide bonds. The van der Waals surface area contributed by atoms with Gasteiger partial charge in [-0.05, 0) is 80.8 Å². The van der Waals surface area contributed by atoms with Crippen LogP contribution >= 0.6 is 0 Å². The zero-order chi connectivity index (χ0) is 31.9. The van der Waals surface area contributed by atoms with Gasteiger partial charge in [0.1, 0.15) is 12.3 Å². The smallest absolute Gasteiger partial charge is 0.319 e. The number of carbonyl (C=O) groups is 4. The molecule has 0 aliphatic rings. The van der Waals surface area contributed by atoms with E-state index in [2.05, 4.69) is 10.6 Å². The van der Waals surface area contributed by atoms with E-state index in [1.165, 1.54) is 22.1 Å². The van der Waals surface area contributed by atoms with E-state index in [1.54, 1.807) is 67.7 Å². The molecule has 4 N–H and O–H groups in total. The molecule has 0 aliphatic heterocycles. The number of unbranched alkanes of at least 4 members (excludes halogenated alkanes) is 2. The molecular weight excluding hydrogens is 560 g/mol. The number of ketones is 1. The van der Waals surface area contributed by atoms with Gasteiger partial charge in [-0.2, -0.15) is 0 Å². The second-order valence-corrected chi connectivity index (χ2v) is 10.1. The molecule has 3 rings (SSSR count). The molecule has 11 nitrogen and oxygen atoms in total. The van der Waals surface area contributed by atoms with E-state index in [4.69, 9.17) is 15.6 Å². The summed E-state index contributed by atoms with van der Waals surface area (Å²) in [6.45, 7) is 0.831. The average Bonchev–Trinajstić information content (AvgIpc) is 3.03. The number of urea groups is 1. The summed E-state index contributed by atoms with van der Waals surface area (Å²) in [5.41, 5.74) is 2.47. The summed E-state index contributed by atoms with van der Waals surface area (Å²) >= 11 is 0. The first-order chi connectivity index (χ1) is 21.2. The molecule has 0 aromatic heterocycles. The summed E-state index contributed by atoms with van der Waals surface area (Å²) in [5, 5.41) is 20.3. The van der Waals surface area contributed by atoms with Crippen LogP contribution in [0.2, 0.25) is 0 Å². The quantitative estimate of drug-likeness (QED) is 0.135. The van der Waals surface area contributed by atoms with Gasteiger partial charge in [-0.15, -0.1) is 0 Å². The van der Waals surface area contributed by atoms with Gasteiger partial charge < -0.3 is 36.0 Å². The fourth-order valence-corrected chi connectivity index (χ4v) is 4.17. The summed E-state index contributed by atoms with van der Waals surface area (Å²) in [7, 11) is 1.61. The predicted octanol–water partition coefficient (Wildman–Crippen LogP) is 4.99. The summed E-state index contributed by atoms with van der Waals surface area (Å²) in [6, 6.07) is 22.0. The number of likely N-dealkylation sites (N-methyl/N-ethyl adjacent to an activating group) is 1. The molecule has 230 valence electrons. The zero-order valence-electron chi connectivity index (χ0n) is 25.0. The third-order valence-corrected chi connectivity index (χ3v) is 6.65. The van der Waals surface area contributed by atoms with E-state index in [1.807, 2.05) is 19.1 Å². The second kappa shape index (κ2) is 17.0. The maximum Gasteiger partial charge on any atom is 0.319 e. The largest absolute Gasteiger partial charge is 0.485 e. The summed E-state index contributed by atoms with van der Waals surface area (Å²) < 4.78 is 5.64. The Morgan fingerprint density at radius 2 is 1.61 bits per heavy atom. The molecule has 0 radical (unpaired) electrons. The Morgan fingerprint density at radius 3 is 2.34 bits per heavy atom. The maximum absolute atomic E-state index is 13.4. The Morgan fingerprint density at radius 1 is 0.886 bits per heavy atom. The number of Topliss-reactive ketones (excluding diaryl/α,β-unsaturated/α-hetero) is 1. The first kappa shape index (κ1) is 33.2. The number of rotatable bonds is 16. The topological polar surface area (TPSA) is 156 Å². The van der Waals surface area contributed by atoms with Gasteiger partial charge in [0.15, 0.2) is 6.61 Å². The van der Waals surface area contributed by atoms with Crippen LogP contribution in [-0.2, 0) is 14.4 Å². The van der Waals surface area contributed by atoms with E-state index in [0.29, 0.717) is 36.3 Å². The molecule has 0 atom stereocenters. The lowest BCUT2D eigenvalue weighted by molar-refractivity contribution is -0.121. The fraction of sp³-hybridized carbons (Fsp3) is 0.273. The molecule has 0 saturated carbocycles. The number of ether oxygens (including phenoxy) is 1. The first-order valence-electron chi connectivity index (χ1n) is 14.2. The monoisotopic (exact) mass is 598 g/mol. The summed E-state index contributed by atoms with van der Waals surface area (Å²) in [6.07, 6.45) is 3.58. The van der Waals surface area contributed by atoms with Crippen LogP contribution in [-0.4, -0.2) is 62.3 Å². The van der Waals surface area contributed by atoms with Crippen LogP contribution < -0.4 is 25.2 Å². The van der Waals surface area contributed by atoms with Crippen LogP contribution in [0.15, 0.2) is 78.9 Å². The number of nitrogens with one attached hydrogen (secondary N) is 4. The van der Waals surface area contributed by atoms with E-state index in [-0.39, 0.29) is 30.5 Å². The standard InChI is InChI=1S/C33H38N6O5/c1-24-11-9-12-25(19-24)37-33(43)36-21-31(41)39(22-32(42)38(2)26-13-5-3-6-14-26)27-15-10-16-28(20-27)44-23-30(40)29(35)17-7-4-8-18-34/h3,5-6,9-16,18-20,34-35H,4,7-8,17,21-23H2,1-2H3,(H2,36,37,43). The van der Waals surface area contributed by atoms with Crippen molar-refractivity contribution in [2.24, 2.45) is 0 Å². The molecule has 0 spiro atoms. The van der Waals surface area contributed by atoms with Gasteiger partial charge in [0.2, 0.25) is 17.6 Å². The number of anilines is 3. The lowest BCUT2D eigenvalue weighted by Gasteiger charge is -2.26. The number of hydrogen-bond donors (Lipinski definition) is 4. The zero-order valence-corrected chi connectivity index (χ0v) is 25.0. The fourth-order valence-electron chi connectivity index (χ4n) is 4.17. The first-order valence-corrected chi connectivity index (χ1v) is 14.2. The van der Waals surface area contributed by atoms with Crippen LogP contribution in [0.25, 0.3) is 0 Å². The highest BCUT2D eigenvalue weighted by atomic mass is 16.5. The molecule has 0 heterocycles. The third-order valence-electron chi connectivity index (χ3n) is 6.65. The van der Waals surface area contributed by atoms with Crippen molar-refractivity contribution < 1.29 is 23.9 Å². The van der Waals surface area contributed by atoms with Crippen molar-refractivity contribution in [3.63, 3.8) is 0 Å². The second-order valence-electron chi connectivity index (χ2n) is 10.1. The molecule has 0 bridgehead atoms. The van der Waals surface area contributed by atoms with Crippen molar-refractivity contribution in [2.45, 2.75) is 32.6 Å². The number of hydrogen-bond acceptors (Lipinski definition) is 7. The van der Waals surface area contributed by atoms with Crippen molar-refractivity contribution in [3.8, 4) is 5.75 Å². The number of benzene rings is 3. The average molecular weight is 599 g/mol. The Labute approximate surface area is 257 Å².